The molecule has 1 aliphatic rings. The van der Waals surface area contributed by atoms with Crippen molar-refractivity contribution in [2.45, 2.75) is 12.8 Å². The van der Waals surface area contributed by atoms with E-state index in [-0.39, 0.29) is 0 Å². The molecule has 0 aromatic carbocycles. The number of allylic oxidation sites excluding steroid dienone is 1. The summed E-state index contributed by atoms with van der Waals surface area (Å²) in [6.07, 6.45) is 3.92. The van der Waals surface area contributed by atoms with E-state index in [0.29, 0.717) is 0 Å². The van der Waals surface area contributed by atoms with Crippen molar-refractivity contribution in [2.75, 3.05) is 6.61 Å². The van der Waals surface area contributed by atoms with Crippen molar-refractivity contribution in [3.05, 3.63) is 11.2 Å². The topological polar surface area (TPSA) is 9.23 Å². The lowest BCUT2D eigenvalue weighted by atomic mass is 10.3. The Morgan fingerprint density at radius 3 is 2.86 bits per heavy atom. The Bertz CT molecular complexity index is 88.1. The second-order valence-corrected chi connectivity index (χ2v) is 2.16. The van der Waals surface area contributed by atoms with Gasteiger partial charge in [-0.1, -0.05) is 0 Å². The smallest absolute Gasteiger partial charge is 0.0921 e. The molecule has 0 spiro atoms. The van der Waals surface area contributed by atoms with Crippen molar-refractivity contribution >= 4 is 12.6 Å². The molecule has 0 fully saturated rings. The standard InChI is InChI=1S/C5H8OS/c7-5-2-1-3-6-4-5/h4,7H,1-3H2. The monoisotopic (exact) mass is 116 g/mol. The van der Waals surface area contributed by atoms with E-state index in [4.69, 9.17) is 4.74 Å². The highest BCUT2D eigenvalue weighted by Crippen LogP contribution is 2.13. The fourth-order valence-electron chi connectivity index (χ4n) is 0.551. The normalized spacial score (nSPS) is 20.4. The van der Waals surface area contributed by atoms with Gasteiger partial charge in [0.05, 0.1) is 12.9 Å². The Morgan fingerprint density at radius 1 is 1.71 bits per heavy atom. The first-order chi connectivity index (χ1) is 3.39. The third kappa shape index (κ3) is 1.43. The van der Waals surface area contributed by atoms with Crippen molar-refractivity contribution in [1.29, 1.82) is 0 Å². The number of rotatable bonds is 0. The molecular formula is C5H8OS. The molecule has 0 aromatic rings. The minimum absolute atomic E-state index is 0.865. The molecule has 1 rings (SSSR count). The molecule has 0 saturated heterocycles. The Balaban J connectivity index is 2.40. The van der Waals surface area contributed by atoms with Gasteiger partial charge in [-0.25, -0.2) is 0 Å². The van der Waals surface area contributed by atoms with Crippen molar-refractivity contribution in [2.24, 2.45) is 0 Å². The molecular weight excluding hydrogens is 108 g/mol. The van der Waals surface area contributed by atoms with Crippen LogP contribution in [0.4, 0.5) is 0 Å². The molecule has 2 heteroatoms. The van der Waals surface area contributed by atoms with Gasteiger partial charge in [-0.15, -0.1) is 12.6 Å². The van der Waals surface area contributed by atoms with Crippen LogP contribution in [0.25, 0.3) is 0 Å². The Hall–Kier alpha value is -0.110. The largest absolute Gasteiger partial charge is 0.500 e. The summed E-state index contributed by atoms with van der Waals surface area (Å²) in [5, 5.41) is 0. The molecule has 1 aliphatic heterocycles. The predicted molar refractivity (Wildman–Crippen MR) is 32.3 cm³/mol. The fraction of sp³-hybridized carbons (Fsp3) is 0.600. The minimum atomic E-state index is 0.865. The SMILES string of the molecule is SC1=COCCC1. The first kappa shape index (κ1) is 5.04. The van der Waals surface area contributed by atoms with E-state index in [9.17, 15) is 0 Å². The summed E-state index contributed by atoms with van der Waals surface area (Å²) in [5.41, 5.74) is 0. The highest BCUT2D eigenvalue weighted by Gasteiger charge is 1.96. The van der Waals surface area contributed by atoms with Gasteiger partial charge < -0.3 is 4.74 Å². The average molecular weight is 116 g/mol. The molecule has 7 heavy (non-hydrogen) atoms. The molecule has 40 valence electrons. The molecule has 1 nitrogen and oxygen atoms in total. The summed E-state index contributed by atoms with van der Waals surface area (Å²) in [6.45, 7) is 0.865. The molecule has 0 N–H and O–H groups in total. The molecule has 0 aliphatic carbocycles. The van der Waals surface area contributed by atoms with Crippen LogP contribution in [0.5, 0.6) is 0 Å². The maximum absolute atomic E-state index is 4.94. The lowest BCUT2D eigenvalue weighted by Crippen LogP contribution is -1.94. The summed E-state index contributed by atoms with van der Waals surface area (Å²) >= 11 is 4.10. The molecule has 1 heterocycles. The van der Waals surface area contributed by atoms with Crippen LogP contribution in [-0.4, -0.2) is 6.61 Å². The molecule has 0 unspecified atom stereocenters. The summed E-state index contributed by atoms with van der Waals surface area (Å²) < 4.78 is 4.94. The van der Waals surface area contributed by atoms with E-state index in [1.165, 1.54) is 0 Å². The van der Waals surface area contributed by atoms with Gasteiger partial charge in [0.25, 0.3) is 0 Å². The molecule has 0 saturated carbocycles. The maximum Gasteiger partial charge on any atom is 0.0921 e. The zero-order chi connectivity index (χ0) is 5.11. The lowest BCUT2D eigenvalue weighted by Gasteiger charge is -2.07. The summed E-state index contributed by atoms with van der Waals surface area (Å²) in [6, 6.07) is 0. The Kier molecular flexibility index (Phi) is 1.63. The molecule has 0 amide bonds. The van der Waals surface area contributed by atoms with E-state index in [2.05, 4.69) is 12.6 Å². The number of thiol groups is 1. The zero-order valence-electron chi connectivity index (χ0n) is 4.05. The maximum atomic E-state index is 4.94. The van der Waals surface area contributed by atoms with Crippen molar-refractivity contribution in [1.82, 2.24) is 0 Å². The van der Waals surface area contributed by atoms with E-state index in [1.807, 2.05) is 0 Å². The third-order valence-electron chi connectivity index (χ3n) is 0.914. The van der Waals surface area contributed by atoms with E-state index in [0.717, 1.165) is 24.4 Å². The zero-order valence-corrected chi connectivity index (χ0v) is 4.95. The van der Waals surface area contributed by atoms with Gasteiger partial charge in [0, 0.05) is 4.91 Å². The minimum Gasteiger partial charge on any atom is -0.500 e. The van der Waals surface area contributed by atoms with Crippen LogP contribution >= 0.6 is 12.6 Å². The van der Waals surface area contributed by atoms with Gasteiger partial charge in [-0.3, -0.25) is 0 Å². The Morgan fingerprint density at radius 2 is 2.57 bits per heavy atom. The van der Waals surface area contributed by atoms with Crippen LogP contribution in [0.2, 0.25) is 0 Å². The van der Waals surface area contributed by atoms with Crippen LogP contribution in [-0.2, 0) is 4.74 Å². The van der Waals surface area contributed by atoms with Gasteiger partial charge in [-0.2, -0.15) is 0 Å². The summed E-state index contributed by atoms with van der Waals surface area (Å²) in [7, 11) is 0. The predicted octanol–water partition coefficient (Wildman–Crippen LogP) is 1.57. The van der Waals surface area contributed by atoms with Gasteiger partial charge in [0.2, 0.25) is 0 Å². The van der Waals surface area contributed by atoms with Crippen LogP contribution in [0.15, 0.2) is 11.2 Å². The second kappa shape index (κ2) is 2.26. The summed E-state index contributed by atoms with van der Waals surface area (Å²) in [4.78, 5) is 1.06. The van der Waals surface area contributed by atoms with Crippen molar-refractivity contribution < 1.29 is 4.74 Å². The number of hydrogen-bond acceptors (Lipinski definition) is 2. The third-order valence-corrected chi connectivity index (χ3v) is 1.24. The Labute approximate surface area is 48.8 Å². The van der Waals surface area contributed by atoms with Crippen LogP contribution in [0, 0.1) is 0 Å². The number of hydrogen-bond donors (Lipinski definition) is 1. The van der Waals surface area contributed by atoms with Crippen LogP contribution in [0.1, 0.15) is 12.8 Å². The van der Waals surface area contributed by atoms with E-state index in [1.54, 1.807) is 6.26 Å². The van der Waals surface area contributed by atoms with Crippen molar-refractivity contribution in [3.63, 3.8) is 0 Å². The fourth-order valence-corrected chi connectivity index (χ4v) is 0.783. The van der Waals surface area contributed by atoms with Crippen LogP contribution < -0.4 is 0 Å². The van der Waals surface area contributed by atoms with Crippen LogP contribution in [0.3, 0.4) is 0 Å². The lowest BCUT2D eigenvalue weighted by molar-refractivity contribution is 0.229. The molecule has 0 radical (unpaired) electrons. The number of ether oxygens (including phenoxy) is 1. The van der Waals surface area contributed by atoms with Gasteiger partial charge in [-0.05, 0) is 12.8 Å². The first-order valence-electron chi connectivity index (χ1n) is 2.39. The quantitative estimate of drug-likeness (QED) is 0.473. The molecule has 0 atom stereocenters. The van der Waals surface area contributed by atoms with E-state index < -0.39 is 0 Å². The van der Waals surface area contributed by atoms with Gasteiger partial charge >= 0.3 is 0 Å². The van der Waals surface area contributed by atoms with E-state index >= 15 is 0 Å². The van der Waals surface area contributed by atoms with Crippen molar-refractivity contribution in [3.8, 4) is 0 Å². The molecule has 0 bridgehead atoms. The summed E-state index contributed by atoms with van der Waals surface area (Å²) in [5.74, 6) is 0. The van der Waals surface area contributed by atoms with Gasteiger partial charge in [0.15, 0.2) is 0 Å². The first-order valence-corrected chi connectivity index (χ1v) is 2.84. The highest BCUT2D eigenvalue weighted by molar-refractivity contribution is 7.84. The highest BCUT2D eigenvalue weighted by atomic mass is 32.1. The molecule has 0 aromatic heterocycles. The second-order valence-electron chi connectivity index (χ2n) is 1.58. The van der Waals surface area contributed by atoms with Gasteiger partial charge in [0.1, 0.15) is 0 Å². The average Bonchev–Trinajstić information content (AvgIpc) is 1.69.